The van der Waals surface area contributed by atoms with Crippen LogP contribution in [0, 0.1) is 11.3 Å². The third-order valence-electron chi connectivity index (χ3n) is 3.65. The summed E-state index contributed by atoms with van der Waals surface area (Å²) < 4.78 is 26.7. The molecule has 4 nitrogen and oxygen atoms in total. The number of anilines is 1. The number of nitrogens with two attached hydrogens (primary N) is 1. The van der Waals surface area contributed by atoms with Crippen molar-refractivity contribution in [3.05, 3.63) is 29.8 Å². The van der Waals surface area contributed by atoms with Crippen LogP contribution in [0.1, 0.15) is 33.3 Å². The Labute approximate surface area is 116 Å². The van der Waals surface area contributed by atoms with Gasteiger partial charge in [-0.1, -0.05) is 39.8 Å². The fourth-order valence-electron chi connectivity index (χ4n) is 1.38. The molecular formula is C14H24N2O2S. The molecule has 0 aliphatic carbocycles. The summed E-state index contributed by atoms with van der Waals surface area (Å²) in [5, 5.41) is 0. The molecular weight excluding hydrogens is 260 g/mol. The van der Waals surface area contributed by atoms with Crippen LogP contribution in [0.3, 0.4) is 0 Å². The second-order valence-corrected chi connectivity index (χ2v) is 7.77. The molecule has 0 aliphatic rings. The van der Waals surface area contributed by atoms with E-state index in [2.05, 4.69) is 32.4 Å². The van der Waals surface area contributed by atoms with Gasteiger partial charge in [0, 0.05) is 12.2 Å². The normalized spacial score (nSPS) is 12.9. The quantitative estimate of drug-likeness (QED) is 0.788. The molecule has 1 aromatic rings. The Morgan fingerprint density at radius 2 is 1.74 bits per heavy atom. The summed E-state index contributed by atoms with van der Waals surface area (Å²) in [6, 6.07) is 6.90. The molecule has 0 saturated carbocycles. The monoisotopic (exact) mass is 284 g/mol. The first-order chi connectivity index (χ1) is 8.62. The number of hydrogen-bond acceptors (Lipinski definition) is 3. The molecule has 0 spiro atoms. The average molecular weight is 284 g/mol. The highest BCUT2D eigenvalue weighted by molar-refractivity contribution is 7.88. The van der Waals surface area contributed by atoms with E-state index in [0.717, 1.165) is 5.56 Å². The second-order valence-electron chi connectivity index (χ2n) is 5.97. The maximum atomic E-state index is 12.0. The molecule has 5 heteroatoms. The van der Waals surface area contributed by atoms with Crippen molar-refractivity contribution >= 4 is 15.7 Å². The van der Waals surface area contributed by atoms with Crippen molar-refractivity contribution in [3.8, 4) is 0 Å². The van der Waals surface area contributed by atoms with Gasteiger partial charge in [0.1, 0.15) is 0 Å². The van der Waals surface area contributed by atoms with E-state index < -0.39 is 10.0 Å². The second kappa shape index (κ2) is 5.92. The number of benzene rings is 1. The zero-order chi connectivity index (χ0) is 14.7. The average Bonchev–Trinajstić information content (AvgIpc) is 2.30. The minimum atomic E-state index is -3.31. The van der Waals surface area contributed by atoms with Gasteiger partial charge in [-0.2, -0.15) is 0 Å². The number of rotatable bonds is 6. The van der Waals surface area contributed by atoms with Gasteiger partial charge in [0.2, 0.25) is 10.0 Å². The Morgan fingerprint density at radius 3 is 2.21 bits per heavy atom. The van der Waals surface area contributed by atoms with Crippen LogP contribution < -0.4 is 10.5 Å². The lowest BCUT2D eigenvalue weighted by Gasteiger charge is -2.29. The summed E-state index contributed by atoms with van der Waals surface area (Å²) in [5.41, 5.74) is 6.89. The van der Waals surface area contributed by atoms with Gasteiger partial charge in [-0.05, 0) is 29.0 Å². The zero-order valence-electron chi connectivity index (χ0n) is 12.1. The van der Waals surface area contributed by atoms with Crippen molar-refractivity contribution in [1.82, 2.24) is 4.72 Å². The molecule has 0 amide bonds. The molecule has 0 unspecified atom stereocenters. The molecule has 1 rings (SSSR count). The predicted octanol–water partition coefficient (Wildman–Crippen LogP) is 2.37. The first kappa shape index (κ1) is 16.0. The van der Waals surface area contributed by atoms with Gasteiger partial charge in [0.05, 0.1) is 5.75 Å². The molecule has 0 bridgehead atoms. The van der Waals surface area contributed by atoms with Crippen molar-refractivity contribution in [3.63, 3.8) is 0 Å². The first-order valence-corrected chi connectivity index (χ1v) is 8.09. The topological polar surface area (TPSA) is 72.2 Å². The van der Waals surface area contributed by atoms with Crippen molar-refractivity contribution in [1.29, 1.82) is 0 Å². The van der Waals surface area contributed by atoms with Gasteiger partial charge in [-0.15, -0.1) is 0 Å². The van der Waals surface area contributed by atoms with Crippen LogP contribution in [0.4, 0.5) is 5.69 Å². The smallest absolute Gasteiger partial charge is 0.215 e. The molecule has 0 aromatic heterocycles. The molecule has 1 aromatic carbocycles. The van der Waals surface area contributed by atoms with Gasteiger partial charge in [-0.25, -0.2) is 13.1 Å². The van der Waals surface area contributed by atoms with Crippen LogP contribution >= 0.6 is 0 Å². The highest BCUT2D eigenvalue weighted by atomic mass is 32.2. The summed E-state index contributed by atoms with van der Waals surface area (Å²) in [5.74, 6) is 0.397. The van der Waals surface area contributed by atoms with Crippen molar-refractivity contribution in [2.75, 3.05) is 12.3 Å². The molecule has 19 heavy (non-hydrogen) atoms. The van der Waals surface area contributed by atoms with Gasteiger partial charge in [0.15, 0.2) is 0 Å². The molecule has 0 saturated heterocycles. The fraction of sp³-hybridized carbons (Fsp3) is 0.571. The molecule has 108 valence electrons. The summed E-state index contributed by atoms with van der Waals surface area (Å²) in [6.45, 7) is 8.75. The predicted molar refractivity (Wildman–Crippen MR) is 80.1 cm³/mol. The minimum Gasteiger partial charge on any atom is -0.399 e. The number of nitrogens with one attached hydrogen (secondary N) is 1. The first-order valence-electron chi connectivity index (χ1n) is 6.44. The van der Waals surface area contributed by atoms with E-state index in [-0.39, 0.29) is 11.2 Å². The summed E-state index contributed by atoms with van der Waals surface area (Å²) in [6.07, 6.45) is 0. The Kier molecular flexibility index (Phi) is 4.98. The lowest BCUT2D eigenvalue weighted by atomic mass is 9.81. The van der Waals surface area contributed by atoms with Crippen molar-refractivity contribution < 1.29 is 8.42 Å². The van der Waals surface area contributed by atoms with E-state index in [9.17, 15) is 8.42 Å². The summed E-state index contributed by atoms with van der Waals surface area (Å²) in [4.78, 5) is 0. The standard InChI is InChI=1S/C14H24N2O2S/c1-11(2)14(3,4)10-16-19(17,18)9-12-5-7-13(15)8-6-12/h5-8,11,16H,9-10,15H2,1-4H3. The molecule has 0 heterocycles. The van der Waals surface area contributed by atoms with Crippen molar-refractivity contribution in [2.24, 2.45) is 11.3 Å². The van der Waals surface area contributed by atoms with E-state index in [1.165, 1.54) is 0 Å². The lowest BCUT2D eigenvalue weighted by Crippen LogP contribution is -2.37. The van der Waals surface area contributed by atoms with E-state index in [4.69, 9.17) is 5.73 Å². The van der Waals surface area contributed by atoms with Gasteiger partial charge in [-0.3, -0.25) is 0 Å². The fourth-order valence-corrected chi connectivity index (χ4v) is 2.71. The highest BCUT2D eigenvalue weighted by Gasteiger charge is 2.24. The van der Waals surface area contributed by atoms with E-state index in [1.807, 2.05) is 0 Å². The van der Waals surface area contributed by atoms with Gasteiger partial charge in [0.25, 0.3) is 0 Å². The van der Waals surface area contributed by atoms with Gasteiger partial charge >= 0.3 is 0 Å². The number of hydrogen-bond donors (Lipinski definition) is 2. The molecule has 0 fully saturated rings. The SMILES string of the molecule is CC(C)C(C)(C)CNS(=O)(=O)Cc1ccc(N)cc1. The Morgan fingerprint density at radius 1 is 1.21 bits per heavy atom. The van der Waals surface area contributed by atoms with E-state index >= 15 is 0 Å². The maximum Gasteiger partial charge on any atom is 0.215 e. The lowest BCUT2D eigenvalue weighted by molar-refractivity contribution is 0.252. The largest absolute Gasteiger partial charge is 0.399 e. The van der Waals surface area contributed by atoms with Crippen LogP contribution in [0.2, 0.25) is 0 Å². The third-order valence-corrected chi connectivity index (χ3v) is 4.94. The highest BCUT2D eigenvalue weighted by Crippen LogP contribution is 2.25. The number of nitrogen functional groups attached to an aromatic ring is 1. The van der Waals surface area contributed by atoms with Crippen LogP contribution in [-0.4, -0.2) is 15.0 Å². The summed E-state index contributed by atoms with van der Waals surface area (Å²) in [7, 11) is -3.31. The summed E-state index contributed by atoms with van der Waals surface area (Å²) >= 11 is 0. The minimum absolute atomic E-state index is 0.0124. The number of sulfonamides is 1. The van der Waals surface area contributed by atoms with Gasteiger partial charge < -0.3 is 5.73 Å². The molecule has 0 atom stereocenters. The maximum absolute atomic E-state index is 12.0. The van der Waals surface area contributed by atoms with E-state index in [0.29, 0.717) is 18.2 Å². The van der Waals surface area contributed by atoms with Crippen LogP contribution in [-0.2, 0) is 15.8 Å². The van der Waals surface area contributed by atoms with E-state index in [1.54, 1.807) is 24.3 Å². The van der Waals surface area contributed by atoms with Crippen molar-refractivity contribution in [2.45, 2.75) is 33.4 Å². The van der Waals surface area contributed by atoms with Crippen LogP contribution in [0.5, 0.6) is 0 Å². The van der Waals surface area contributed by atoms with Crippen LogP contribution in [0.15, 0.2) is 24.3 Å². The molecule has 0 aliphatic heterocycles. The third kappa shape index (κ3) is 5.20. The Bertz CT molecular complexity index is 505. The zero-order valence-corrected chi connectivity index (χ0v) is 12.9. The molecule has 0 radical (unpaired) electrons. The molecule has 3 N–H and O–H groups in total. The Hall–Kier alpha value is -1.07. The Balaban J connectivity index is 2.65. The van der Waals surface area contributed by atoms with Crippen LogP contribution in [0.25, 0.3) is 0 Å².